The second-order valence-corrected chi connectivity index (χ2v) is 3.89. The fraction of sp³-hybridized carbons (Fsp3) is 0.417. The molecule has 1 unspecified atom stereocenters. The van der Waals surface area contributed by atoms with Gasteiger partial charge in [-0.3, -0.25) is 0 Å². The lowest BCUT2D eigenvalue weighted by Crippen LogP contribution is -2.40. The van der Waals surface area contributed by atoms with E-state index in [4.69, 9.17) is 15.7 Å². The number of benzene rings is 1. The Morgan fingerprint density at radius 3 is 2.58 bits per heavy atom. The zero-order valence-electron chi connectivity index (χ0n) is 10.3. The quantitative estimate of drug-likeness (QED) is 0.376. The number of alkyl halides is 3. The van der Waals surface area contributed by atoms with Crippen molar-refractivity contribution in [2.24, 2.45) is 16.8 Å². The third kappa shape index (κ3) is 4.04. The normalized spacial score (nSPS) is 14.2. The average molecular weight is 276 g/mol. The Labute approximate surface area is 108 Å². The number of oxime groups is 1. The average Bonchev–Trinajstić information content (AvgIpc) is 2.37. The second-order valence-electron chi connectivity index (χ2n) is 3.89. The first-order chi connectivity index (χ1) is 8.90. The molecule has 1 aromatic rings. The number of halogens is 3. The van der Waals surface area contributed by atoms with Crippen LogP contribution in [0.5, 0.6) is 5.75 Å². The van der Waals surface area contributed by atoms with Crippen LogP contribution in [-0.4, -0.2) is 23.8 Å². The van der Waals surface area contributed by atoms with Crippen molar-refractivity contribution in [2.75, 3.05) is 6.61 Å². The van der Waals surface area contributed by atoms with Crippen LogP contribution in [0.2, 0.25) is 0 Å². The Hall–Kier alpha value is -1.92. The minimum atomic E-state index is -4.63. The highest BCUT2D eigenvalue weighted by Gasteiger charge is 2.43. The van der Waals surface area contributed by atoms with Crippen molar-refractivity contribution in [3.8, 4) is 5.75 Å². The van der Waals surface area contributed by atoms with Gasteiger partial charge in [0.25, 0.3) is 0 Å². The zero-order valence-corrected chi connectivity index (χ0v) is 10.3. The predicted octanol–water partition coefficient (Wildman–Crippen LogP) is 2.55. The molecule has 0 aliphatic rings. The summed E-state index contributed by atoms with van der Waals surface area (Å²) in [6.07, 6.45) is -3.99. The van der Waals surface area contributed by atoms with E-state index in [1.807, 2.05) is 6.92 Å². The standard InChI is InChI=1S/C12H15F3N2O2/c1-2-8-5-3-4-6-10(8)19-7-9(11(16)17-18)12(13,14)15/h3-6,9,18H,2,7H2,1H3,(H2,16,17). The van der Waals surface area contributed by atoms with Crippen molar-refractivity contribution in [1.29, 1.82) is 0 Å². The number of para-hydroxylation sites is 1. The van der Waals surface area contributed by atoms with E-state index in [1.165, 1.54) is 0 Å². The van der Waals surface area contributed by atoms with E-state index in [0.717, 1.165) is 5.56 Å². The van der Waals surface area contributed by atoms with E-state index in [0.29, 0.717) is 12.2 Å². The third-order valence-electron chi connectivity index (χ3n) is 2.63. The summed E-state index contributed by atoms with van der Waals surface area (Å²) in [5.74, 6) is -2.69. The molecule has 106 valence electrons. The van der Waals surface area contributed by atoms with E-state index in [2.05, 4.69) is 5.16 Å². The van der Waals surface area contributed by atoms with Crippen molar-refractivity contribution < 1.29 is 23.1 Å². The van der Waals surface area contributed by atoms with Gasteiger partial charge in [0.2, 0.25) is 0 Å². The molecule has 0 aromatic heterocycles. The molecule has 0 spiro atoms. The van der Waals surface area contributed by atoms with E-state index in [9.17, 15) is 13.2 Å². The molecule has 1 atom stereocenters. The van der Waals surface area contributed by atoms with Crippen molar-refractivity contribution in [3.05, 3.63) is 29.8 Å². The topological polar surface area (TPSA) is 67.8 Å². The van der Waals surface area contributed by atoms with Gasteiger partial charge in [-0.05, 0) is 18.1 Å². The number of ether oxygens (including phenoxy) is 1. The highest BCUT2D eigenvalue weighted by molar-refractivity contribution is 5.83. The maximum absolute atomic E-state index is 12.7. The lowest BCUT2D eigenvalue weighted by molar-refractivity contribution is -0.162. The Bertz CT molecular complexity index is 447. The van der Waals surface area contributed by atoms with Crippen LogP contribution in [0.1, 0.15) is 12.5 Å². The van der Waals surface area contributed by atoms with Crippen molar-refractivity contribution in [3.63, 3.8) is 0 Å². The fourth-order valence-electron chi connectivity index (χ4n) is 1.53. The number of rotatable bonds is 5. The molecule has 0 bridgehead atoms. The van der Waals surface area contributed by atoms with Crippen LogP contribution in [0.3, 0.4) is 0 Å². The number of nitrogens with two attached hydrogens (primary N) is 1. The highest BCUT2D eigenvalue weighted by atomic mass is 19.4. The fourth-order valence-corrected chi connectivity index (χ4v) is 1.53. The SMILES string of the molecule is CCc1ccccc1OCC(/C(N)=N/O)C(F)(F)F. The predicted molar refractivity (Wildman–Crippen MR) is 64.3 cm³/mol. The Kier molecular flexibility index (Phi) is 5.02. The number of hydrogen-bond donors (Lipinski definition) is 2. The minimum Gasteiger partial charge on any atom is -0.492 e. The van der Waals surface area contributed by atoms with Crippen LogP contribution in [0.25, 0.3) is 0 Å². The van der Waals surface area contributed by atoms with Crippen LogP contribution < -0.4 is 10.5 Å². The van der Waals surface area contributed by atoms with Crippen molar-refractivity contribution >= 4 is 5.84 Å². The van der Waals surface area contributed by atoms with Gasteiger partial charge in [0, 0.05) is 0 Å². The van der Waals surface area contributed by atoms with Gasteiger partial charge in [0.15, 0.2) is 5.84 Å². The monoisotopic (exact) mass is 276 g/mol. The highest BCUT2D eigenvalue weighted by Crippen LogP contribution is 2.28. The summed E-state index contributed by atoms with van der Waals surface area (Å²) < 4.78 is 43.2. The van der Waals surface area contributed by atoms with E-state index >= 15 is 0 Å². The summed E-state index contributed by atoms with van der Waals surface area (Å²) in [7, 11) is 0. The molecule has 0 radical (unpaired) electrons. The number of hydrogen-bond acceptors (Lipinski definition) is 3. The summed E-state index contributed by atoms with van der Waals surface area (Å²) in [4.78, 5) is 0. The molecule has 1 aromatic carbocycles. The molecule has 3 N–H and O–H groups in total. The molecule has 0 heterocycles. The van der Waals surface area contributed by atoms with Crippen molar-refractivity contribution in [2.45, 2.75) is 19.5 Å². The van der Waals surface area contributed by atoms with Crippen LogP contribution >= 0.6 is 0 Å². The van der Waals surface area contributed by atoms with Gasteiger partial charge in [-0.25, -0.2) is 0 Å². The van der Waals surface area contributed by atoms with Gasteiger partial charge in [0.1, 0.15) is 18.3 Å². The summed E-state index contributed by atoms with van der Waals surface area (Å²) in [5, 5.41) is 10.8. The van der Waals surface area contributed by atoms with Crippen LogP contribution in [-0.2, 0) is 6.42 Å². The minimum absolute atomic E-state index is 0.366. The molecule has 0 amide bonds. The lowest BCUT2D eigenvalue weighted by atomic mass is 10.1. The number of nitrogens with zero attached hydrogens (tertiary/aromatic N) is 1. The molecule has 1 rings (SSSR count). The molecule has 0 aliphatic carbocycles. The maximum atomic E-state index is 12.7. The van der Waals surface area contributed by atoms with E-state index in [-0.39, 0.29) is 0 Å². The summed E-state index contributed by atoms with van der Waals surface area (Å²) >= 11 is 0. The van der Waals surface area contributed by atoms with Gasteiger partial charge in [-0.2, -0.15) is 13.2 Å². The molecular weight excluding hydrogens is 261 g/mol. The summed E-state index contributed by atoms with van der Waals surface area (Å²) in [6, 6.07) is 6.79. The molecule has 0 saturated carbocycles. The summed E-state index contributed by atoms with van der Waals surface area (Å²) in [6.45, 7) is 1.14. The third-order valence-corrected chi connectivity index (χ3v) is 2.63. The summed E-state index contributed by atoms with van der Waals surface area (Å²) in [5.41, 5.74) is 5.83. The molecule has 7 heteroatoms. The Morgan fingerprint density at radius 1 is 1.42 bits per heavy atom. The van der Waals surface area contributed by atoms with Gasteiger partial charge in [0.05, 0.1) is 0 Å². The van der Waals surface area contributed by atoms with Crippen molar-refractivity contribution in [1.82, 2.24) is 0 Å². The molecule has 19 heavy (non-hydrogen) atoms. The number of amidine groups is 1. The maximum Gasteiger partial charge on any atom is 0.402 e. The van der Waals surface area contributed by atoms with Gasteiger partial charge in [-0.1, -0.05) is 30.3 Å². The molecule has 4 nitrogen and oxygen atoms in total. The van der Waals surface area contributed by atoms with Crippen LogP contribution in [0, 0.1) is 5.92 Å². The van der Waals surface area contributed by atoms with Crippen LogP contribution in [0.15, 0.2) is 29.4 Å². The van der Waals surface area contributed by atoms with Gasteiger partial charge < -0.3 is 15.7 Å². The second kappa shape index (κ2) is 6.31. The van der Waals surface area contributed by atoms with E-state index < -0.39 is 24.5 Å². The molecule has 0 fully saturated rings. The Balaban J connectivity index is 2.82. The first-order valence-electron chi connectivity index (χ1n) is 5.65. The molecule has 0 aliphatic heterocycles. The smallest absolute Gasteiger partial charge is 0.402 e. The van der Waals surface area contributed by atoms with Gasteiger partial charge >= 0.3 is 6.18 Å². The largest absolute Gasteiger partial charge is 0.492 e. The first-order valence-corrected chi connectivity index (χ1v) is 5.65. The number of aryl methyl sites for hydroxylation is 1. The zero-order chi connectivity index (χ0) is 14.5. The van der Waals surface area contributed by atoms with Gasteiger partial charge in [-0.15, -0.1) is 0 Å². The first kappa shape index (κ1) is 15.1. The Morgan fingerprint density at radius 2 is 2.05 bits per heavy atom. The van der Waals surface area contributed by atoms with E-state index in [1.54, 1.807) is 24.3 Å². The molecule has 0 saturated heterocycles. The lowest BCUT2D eigenvalue weighted by Gasteiger charge is -2.20. The molecular formula is C12H15F3N2O2. The van der Waals surface area contributed by atoms with Crippen LogP contribution in [0.4, 0.5) is 13.2 Å².